The Kier molecular flexibility index (Phi) is 6.76. The molecule has 6 nitrogen and oxygen atoms in total. The highest BCUT2D eigenvalue weighted by Gasteiger charge is 2.23. The molecule has 8 heteroatoms. The number of rotatable bonds is 8. The van der Waals surface area contributed by atoms with E-state index in [4.69, 9.17) is 27.6 Å². The van der Waals surface area contributed by atoms with Crippen LogP contribution in [0, 0.1) is 0 Å². The average molecular weight is 482 g/mol. The maximum absolute atomic E-state index is 6.21. The van der Waals surface area contributed by atoms with Gasteiger partial charge in [0.2, 0.25) is 0 Å². The number of benzene rings is 2. The van der Waals surface area contributed by atoms with Crippen molar-refractivity contribution in [3.63, 3.8) is 0 Å². The van der Waals surface area contributed by atoms with Crippen LogP contribution in [-0.4, -0.2) is 46.0 Å². The van der Waals surface area contributed by atoms with Crippen LogP contribution in [0.4, 0.5) is 5.82 Å². The molecule has 1 atom stereocenters. The van der Waals surface area contributed by atoms with E-state index in [1.54, 1.807) is 18.3 Å². The number of likely N-dealkylation sites (tertiary alicyclic amines) is 1. The van der Waals surface area contributed by atoms with Gasteiger partial charge in [-0.25, -0.2) is 9.97 Å². The lowest BCUT2D eigenvalue weighted by molar-refractivity contribution is 0.286. The first-order chi connectivity index (χ1) is 16.2. The number of nitrogens with zero attached hydrogens (tertiary/aromatic N) is 4. The summed E-state index contributed by atoms with van der Waals surface area (Å²) in [4.78, 5) is 16.2. The van der Waals surface area contributed by atoms with Crippen LogP contribution in [0.3, 0.4) is 0 Å². The van der Waals surface area contributed by atoms with Crippen LogP contribution in [0.15, 0.2) is 59.3 Å². The van der Waals surface area contributed by atoms with E-state index >= 15 is 0 Å². The van der Waals surface area contributed by atoms with Gasteiger partial charge in [0.25, 0.3) is 0 Å². The Morgan fingerprint density at radius 1 is 0.970 bits per heavy atom. The van der Waals surface area contributed by atoms with Gasteiger partial charge in [-0.3, -0.25) is 4.98 Å². The summed E-state index contributed by atoms with van der Waals surface area (Å²) in [6, 6.07) is 13.6. The Balaban J connectivity index is 1.29. The van der Waals surface area contributed by atoms with E-state index < -0.39 is 0 Å². The zero-order valence-electron chi connectivity index (χ0n) is 18.2. The van der Waals surface area contributed by atoms with Crippen LogP contribution >= 0.6 is 23.2 Å². The molecule has 33 heavy (non-hydrogen) atoms. The van der Waals surface area contributed by atoms with Gasteiger partial charge in [0.05, 0.1) is 39.4 Å². The number of fused-ring (bicyclic) bond motifs is 1. The van der Waals surface area contributed by atoms with Crippen LogP contribution < -0.4 is 5.32 Å². The molecule has 5 rings (SSSR count). The normalized spacial score (nSPS) is 15.2. The number of anilines is 1. The summed E-state index contributed by atoms with van der Waals surface area (Å²) in [5.74, 6) is 2.49. The number of aromatic nitrogens is 3. The summed E-state index contributed by atoms with van der Waals surface area (Å²) in [6.07, 6.45) is 6.93. The molecule has 1 N–H and O–H groups in total. The molecule has 1 saturated heterocycles. The van der Waals surface area contributed by atoms with E-state index in [9.17, 15) is 0 Å². The summed E-state index contributed by atoms with van der Waals surface area (Å²) in [7, 11) is 0. The molecule has 0 aliphatic carbocycles. The van der Waals surface area contributed by atoms with Crippen molar-refractivity contribution in [1.29, 1.82) is 0 Å². The Bertz CT molecular complexity index is 1220. The van der Waals surface area contributed by atoms with Crippen LogP contribution in [0.1, 0.15) is 31.1 Å². The fourth-order valence-electron chi connectivity index (χ4n) is 4.25. The van der Waals surface area contributed by atoms with Gasteiger partial charge in [0.1, 0.15) is 5.82 Å². The van der Waals surface area contributed by atoms with Crippen molar-refractivity contribution in [3.05, 3.63) is 70.8 Å². The zero-order valence-corrected chi connectivity index (χ0v) is 19.7. The minimum absolute atomic E-state index is 0.190. The number of hydrogen-bond donors (Lipinski definition) is 1. The highest BCUT2D eigenvalue weighted by atomic mass is 35.5. The van der Waals surface area contributed by atoms with Gasteiger partial charge < -0.3 is 14.6 Å². The van der Waals surface area contributed by atoms with E-state index in [0.717, 1.165) is 55.3 Å². The third-order valence-corrected chi connectivity index (χ3v) is 6.71. The number of oxazole rings is 1. The fourth-order valence-corrected chi connectivity index (χ4v) is 4.57. The number of halogens is 2. The topological polar surface area (TPSA) is 67.1 Å². The van der Waals surface area contributed by atoms with Gasteiger partial charge in [-0.15, -0.1) is 0 Å². The third-order valence-electron chi connectivity index (χ3n) is 5.99. The van der Waals surface area contributed by atoms with Gasteiger partial charge in [-0.1, -0.05) is 53.5 Å². The van der Waals surface area contributed by atoms with Crippen LogP contribution in [0.5, 0.6) is 0 Å². The Morgan fingerprint density at radius 3 is 2.52 bits per heavy atom. The quantitative estimate of drug-likeness (QED) is 0.319. The van der Waals surface area contributed by atoms with Crippen molar-refractivity contribution < 1.29 is 4.42 Å². The molecule has 1 aliphatic heterocycles. The smallest absolute Gasteiger partial charge is 0.199 e. The largest absolute Gasteiger partial charge is 0.440 e. The number of nitrogens with one attached hydrogen (secondary N) is 1. The van der Waals surface area contributed by atoms with Gasteiger partial charge in [0.15, 0.2) is 11.7 Å². The fraction of sp³-hybridized carbons (Fsp3) is 0.320. The standard InChI is InChI=1S/C25H25Cl2N5O/c26-19-12-21-22(13-20(19)27)31-24(15-29-21)28-9-8-18(16-32-10-4-5-11-32)25-30-14-23(33-25)17-6-2-1-3-7-17/h1-3,6-7,12-15,18H,4-5,8-11,16H2,(H,28,31). The van der Waals surface area contributed by atoms with E-state index in [0.29, 0.717) is 21.4 Å². The molecule has 0 spiro atoms. The first kappa shape index (κ1) is 22.1. The summed E-state index contributed by atoms with van der Waals surface area (Å²) in [6.45, 7) is 3.93. The Morgan fingerprint density at radius 2 is 1.73 bits per heavy atom. The molecule has 3 heterocycles. The monoisotopic (exact) mass is 481 g/mol. The lowest BCUT2D eigenvalue weighted by atomic mass is 10.0. The van der Waals surface area contributed by atoms with Crippen molar-refractivity contribution in [2.75, 3.05) is 31.5 Å². The maximum Gasteiger partial charge on any atom is 0.199 e. The van der Waals surface area contributed by atoms with Crippen molar-refractivity contribution in [1.82, 2.24) is 19.9 Å². The zero-order chi connectivity index (χ0) is 22.6. The van der Waals surface area contributed by atoms with E-state index in [1.807, 2.05) is 36.5 Å². The van der Waals surface area contributed by atoms with E-state index in [2.05, 4.69) is 25.2 Å². The van der Waals surface area contributed by atoms with Crippen molar-refractivity contribution in [2.24, 2.45) is 0 Å². The average Bonchev–Trinajstić information content (AvgIpc) is 3.52. The van der Waals surface area contributed by atoms with Crippen molar-refractivity contribution in [3.8, 4) is 11.3 Å². The molecule has 1 unspecified atom stereocenters. The Hall–Kier alpha value is -2.67. The second-order valence-electron chi connectivity index (χ2n) is 8.36. The SMILES string of the molecule is Clc1cc2ncc(NCCC(CN3CCCC3)c3ncc(-c4ccccc4)o3)nc2cc1Cl. The van der Waals surface area contributed by atoms with Gasteiger partial charge >= 0.3 is 0 Å². The highest BCUT2D eigenvalue weighted by molar-refractivity contribution is 6.42. The third kappa shape index (κ3) is 5.29. The van der Waals surface area contributed by atoms with Gasteiger partial charge in [-0.05, 0) is 44.5 Å². The predicted molar refractivity (Wildman–Crippen MR) is 133 cm³/mol. The molecule has 1 aliphatic rings. The lowest BCUT2D eigenvalue weighted by Gasteiger charge is -2.21. The Labute approximate surface area is 203 Å². The minimum Gasteiger partial charge on any atom is -0.440 e. The second kappa shape index (κ2) is 10.1. The van der Waals surface area contributed by atoms with E-state index in [-0.39, 0.29) is 5.92 Å². The van der Waals surface area contributed by atoms with Crippen LogP contribution in [-0.2, 0) is 0 Å². The molecular weight excluding hydrogens is 457 g/mol. The van der Waals surface area contributed by atoms with Gasteiger partial charge in [-0.2, -0.15) is 0 Å². The molecule has 0 saturated carbocycles. The van der Waals surface area contributed by atoms with Crippen molar-refractivity contribution >= 4 is 40.1 Å². The molecule has 0 amide bonds. The van der Waals surface area contributed by atoms with E-state index in [1.165, 1.54) is 12.8 Å². The molecular formula is C25H25Cl2N5O. The van der Waals surface area contributed by atoms with Crippen LogP contribution in [0.2, 0.25) is 10.0 Å². The van der Waals surface area contributed by atoms with Crippen molar-refractivity contribution in [2.45, 2.75) is 25.2 Å². The number of hydrogen-bond acceptors (Lipinski definition) is 6. The maximum atomic E-state index is 6.21. The predicted octanol–water partition coefficient (Wildman–Crippen LogP) is 6.27. The molecule has 0 radical (unpaired) electrons. The molecule has 170 valence electrons. The first-order valence-electron chi connectivity index (χ1n) is 11.2. The summed E-state index contributed by atoms with van der Waals surface area (Å²) in [5.41, 5.74) is 2.47. The second-order valence-corrected chi connectivity index (χ2v) is 9.17. The summed E-state index contributed by atoms with van der Waals surface area (Å²) < 4.78 is 6.21. The summed E-state index contributed by atoms with van der Waals surface area (Å²) >= 11 is 12.2. The first-order valence-corrected chi connectivity index (χ1v) is 12.0. The summed E-state index contributed by atoms with van der Waals surface area (Å²) in [5, 5.41) is 4.35. The molecule has 2 aromatic carbocycles. The lowest BCUT2D eigenvalue weighted by Crippen LogP contribution is -2.27. The highest BCUT2D eigenvalue weighted by Crippen LogP contribution is 2.28. The molecule has 2 aromatic heterocycles. The molecule has 1 fully saturated rings. The van der Waals surface area contributed by atoms with Crippen LogP contribution in [0.25, 0.3) is 22.4 Å². The molecule has 0 bridgehead atoms. The molecule has 4 aromatic rings. The van der Waals surface area contributed by atoms with Gasteiger partial charge in [0, 0.05) is 18.7 Å². The minimum atomic E-state index is 0.190.